The van der Waals surface area contributed by atoms with Crippen LogP contribution in [0.3, 0.4) is 0 Å². The monoisotopic (exact) mass is 415 g/mol. The van der Waals surface area contributed by atoms with E-state index < -0.39 is 0 Å². The Hall–Kier alpha value is -1.83. The summed E-state index contributed by atoms with van der Waals surface area (Å²) in [6.07, 6.45) is 6.86. The van der Waals surface area contributed by atoms with Crippen LogP contribution in [0.2, 0.25) is 0 Å². The molecule has 0 saturated heterocycles. The molecule has 0 bridgehead atoms. The van der Waals surface area contributed by atoms with Crippen LogP contribution in [0.1, 0.15) is 22.4 Å². The number of hydrogen-bond donors (Lipinski definition) is 1. The summed E-state index contributed by atoms with van der Waals surface area (Å²) >= 11 is 3.56. The van der Waals surface area contributed by atoms with Gasteiger partial charge in [-0.1, -0.05) is 12.1 Å². The van der Waals surface area contributed by atoms with Crippen molar-refractivity contribution in [2.45, 2.75) is 31.8 Å². The Morgan fingerprint density at radius 1 is 1.36 bits per heavy atom. The van der Waals surface area contributed by atoms with Crippen molar-refractivity contribution in [1.82, 2.24) is 14.9 Å². The van der Waals surface area contributed by atoms with Gasteiger partial charge in [-0.25, -0.2) is 4.98 Å². The van der Waals surface area contributed by atoms with Crippen LogP contribution in [0.15, 0.2) is 35.4 Å². The maximum atomic E-state index is 13.2. The fourth-order valence-electron chi connectivity index (χ4n) is 3.78. The van der Waals surface area contributed by atoms with E-state index >= 15 is 0 Å². The summed E-state index contributed by atoms with van der Waals surface area (Å²) in [7, 11) is 1.65. The Balaban J connectivity index is 1.58. The summed E-state index contributed by atoms with van der Waals surface area (Å²) in [6.45, 7) is 1.56. The average Bonchev–Trinajstić information content (AvgIpc) is 3.09. The molecule has 1 atom stereocenters. The molecule has 28 heavy (non-hydrogen) atoms. The van der Waals surface area contributed by atoms with Crippen molar-refractivity contribution in [2.75, 3.05) is 25.7 Å². The van der Waals surface area contributed by atoms with Gasteiger partial charge in [-0.05, 0) is 48.8 Å². The Morgan fingerprint density at radius 3 is 2.93 bits per heavy atom. The number of ether oxygens (including phenoxy) is 1. The summed E-state index contributed by atoms with van der Waals surface area (Å²) in [5.41, 5.74) is 2.36. The zero-order valence-corrected chi connectivity index (χ0v) is 17.9. The highest BCUT2D eigenvalue weighted by Gasteiger charge is 2.24. The average molecular weight is 416 g/mol. The van der Waals surface area contributed by atoms with Crippen LogP contribution in [-0.2, 0) is 19.4 Å². The fourth-order valence-corrected chi connectivity index (χ4v) is 5.36. The fraction of sp³-hybridized carbons (Fsp3) is 0.429. The third-order valence-corrected chi connectivity index (χ3v) is 7.06. The van der Waals surface area contributed by atoms with Gasteiger partial charge in [-0.2, -0.15) is 11.8 Å². The minimum Gasteiger partial charge on any atom is -0.497 e. The molecule has 2 heterocycles. The molecule has 1 aromatic carbocycles. The lowest BCUT2D eigenvalue weighted by Crippen LogP contribution is -2.35. The highest BCUT2D eigenvalue weighted by atomic mass is 32.2. The molecule has 0 radical (unpaired) electrons. The van der Waals surface area contributed by atoms with Gasteiger partial charge in [0, 0.05) is 23.2 Å². The first-order valence-corrected chi connectivity index (χ1v) is 11.8. The van der Waals surface area contributed by atoms with E-state index in [1.165, 1.54) is 10.4 Å². The molecule has 3 aromatic rings. The van der Waals surface area contributed by atoms with Crippen molar-refractivity contribution in [3.63, 3.8) is 0 Å². The van der Waals surface area contributed by atoms with E-state index in [9.17, 15) is 4.79 Å². The molecule has 1 aliphatic rings. The summed E-state index contributed by atoms with van der Waals surface area (Å²) in [5, 5.41) is 4.48. The van der Waals surface area contributed by atoms with Crippen LogP contribution in [0, 0.1) is 0 Å². The van der Waals surface area contributed by atoms with E-state index in [0.29, 0.717) is 12.6 Å². The molecule has 5 nitrogen and oxygen atoms in total. The quantitative estimate of drug-likeness (QED) is 0.600. The first-order chi connectivity index (χ1) is 13.7. The molecular weight excluding hydrogens is 390 g/mol. The molecule has 4 rings (SSSR count). The number of rotatable bonds is 7. The highest BCUT2D eigenvalue weighted by Crippen LogP contribution is 2.33. The first-order valence-electron chi connectivity index (χ1n) is 9.54. The van der Waals surface area contributed by atoms with E-state index in [2.05, 4.69) is 16.6 Å². The summed E-state index contributed by atoms with van der Waals surface area (Å²) in [6, 6.07) is 8.33. The first kappa shape index (κ1) is 19.5. The minimum atomic E-state index is 0.0760. The van der Waals surface area contributed by atoms with E-state index in [0.717, 1.165) is 53.1 Å². The predicted octanol–water partition coefficient (Wildman–Crippen LogP) is 3.32. The third-order valence-electron chi connectivity index (χ3n) is 5.29. The van der Waals surface area contributed by atoms with E-state index in [4.69, 9.17) is 4.74 Å². The maximum absolute atomic E-state index is 13.2. The Bertz CT molecular complexity index is 1010. The van der Waals surface area contributed by atoms with Crippen molar-refractivity contribution in [3.8, 4) is 5.75 Å². The smallest absolute Gasteiger partial charge is 0.262 e. The SMILES string of the molecule is COc1ccc(Cn2cnc3sc4c(c3c2=O)CC[C@H](NCCSC)C4)cc1. The van der Waals surface area contributed by atoms with Gasteiger partial charge in [0.2, 0.25) is 0 Å². The summed E-state index contributed by atoms with van der Waals surface area (Å²) < 4.78 is 6.93. The molecule has 1 N–H and O–H groups in total. The van der Waals surface area contributed by atoms with Crippen LogP contribution < -0.4 is 15.6 Å². The number of thioether (sulfide) groups is 1. The maximum Gasteiger partial charge on any atom is 0.262 e. The van der Waals surface area contributed by atoms with Crippen LogP contribution in [0.5, 0.6) is 5.75 Å². The van der Waals surface area contributed by atoms with E-state index in [-0.39, 0.29) is 5.56 Å². The van der Waals surface area contributed by atoms with Crippen molar-refractivity contribution >= 4 is 33.3 Å². The number of nitrogens with zero attached hydrogens (tertiary/aromatic N) is 2. The van der Waals surface area contributed by atoms with E-state index in [1.807, 2.05) is 36.0 Å². The van der Waals surface area contributed by atoms with Crippen LogP contribution in [0.4, 0.5) is 0 Å². The van der Waals surface area contributed by atoms with Crippen molar-refractivity contribution in [1.29, 1.82) is 0 Å². The van der Waals surface area contributed by atoms with Crippen LogP contribution >= 0.6 is 23.1 Å². The summed E-state index contributed by atoms with van der Waals surface area (Å²) in [5.74, 6) is 1.95. The van der Waals surface area contributed by atoms with Crippen LogP contribution in [-0.4, -0.2) is 41.3 Å². The van der Waals surface area contributed by atoms with Gasteiger partial charge in [0.15, 0.2) is 0 Å². The normalized spacial score (nSPS) is 16.3. The third kappa shape index (κ3) is 3.97. The summed E-state index contributed by atoms with van der Waals surface area (Å²) in [4.78, 5) is 20.0. The molecule has 148 valence electrons. The van der Waals surface area contributed by atoms with Crippen LogP contribution in [0.25, 0.3) is 10.2 Å². The largest absolute Gasteiger partial charge is 0.497 e. The molecule has 0 aliphatic heterocycles. The lowest BCUT2D eigenvalue weighted by Gasteiger charge is -2.23. The number of thiophene rings is 1. The number of hydrogen-bond acceptors (Lipinski definition) is 6. The molecule has 0 unspecified atom stereocenters. The number of benzene rings is 1. The molecule has 2 aromatic heterocycles. The van der Waals surface area contributed by atoms with Crippen molar-refractivity contribution in [2.24, 2.45) is 0 Å². The van der Waals surface area contributed by atoms with Gasteiger partial charge in [-0.15, -0.1) is 11.3 Å². The van der Waals surface area contributed by atoms with Gasteiger partial charge in [0.1, 0.15) is 10.6 Å². The molecule has 0 amide bonds. The zero-order valence-electron chi connectivity index (χ0n) is 16.2. The van der Waals surface area contributed by atoms with Gasteiger partial charge in [0.25, 0.3) is 5.56 Å². The van der Waals surface area contributed by atoms with Gasteiger partial charge < -0.3 is 10.1 Å². The molecule has 7 heteroatoms. The molecule has 0 fully saturated rings. The molecule has 1 aliphatic carbocycles. The second-order valence-electron chi connectivity index (χ2n) is 7.10. The number of nitrogens with one attached hydrogen (secondary N) is 1. The lowest BCUT2D eigenvalue weighted by molar-refractivity contribution is 0.414. The molecular formula is C21H25N3O2S2. The second kappa shape index (κ2) is 8.68. The number of aromatic nitrogens is 2. The predicted molar refractivity (Wildman–Crippen MR) is 118 cm³/mol. The molecule has 0 spiro atoms. The Kier molecular flexibility index (Phi) is 6.04. The number of aryl methyl sites for hydroxylation is 1. The topological polar surface area (TPSA) is 56.2 Å². The lowest BCUT2D eigenvalue weighted by atomic mass is 9.93. The molecule has 0 saturated carbocycles. The van der Waals surface area contributed by atoms with E-state index in [1.54, 1.807) is 29.3 Å². The highest BCUT2D eigenvalue weighted by molar-refractivity contribution is 7.98. The minimum absolute atomic E-state index is 0.0760. The zero-order chi connectivity index (χ0) is 19.5. The second-order valence-corrected chi connectivity index (χ2v) is 9.17. The number of fused-ring (bicyclic) bond motifs is 3. The standard InChI is InChI=1S/C21H25N3O2S2/c1-26-16-6-3-14(4-7-16)12-24-13-23-20-19(21(24)25)17-8-5-15(11-18(17)28-20)22-9-10-27-2/h3-4,6-7,13,15,22H,5,8-12H2,1-2H3/t15-/m0/s1. The Morgan fingerprint density at radius 2 is 2.18 bits per heavy atom. The van der Waals surface area contributed by atoms with Gasteiger partial charge >= 0.3 is 0 Å². The van der Waals surface area contributed by atoms with Gasteiger partial charge in [-0.3, -0.25) is 9.36 Å². The van der Waals surface area contributed by atoms with Crippen molar-refractivity contribution < 1.29 is 4.74 Å². The number of methoxy groups -OCH3 is 1. The Labute approximate surface area is 173 Å². The van der Waals surface area contributed by atoms with Gasteiger partial charge in [0.05, 0.1) is 25.4 Å². The van der Waals surface area contributed by atoms with Crippen molar-refractivity contribution in [3.05, 3.63) is 57.0 Å².